The summed E-state index contributed by atoms with van der Waals surface area (Å²) in [4.78, 5) is 46.2. The minimum absolute atomic E-state index is 0.159. The van der Waals surface area contributed by atoms with Crippen molar-refractivity contribution in [1.29, 1.82) is 0 Å². The van der Waals surface area contributed by atoms with Crippen molar-refractivity contribution in [1.82, 2.24) is 21.3 Å². The van der Waals surface area contributed by atoms with E-state index in [1.54, 1.807) is 0 Å². The Balaban J connectivity index is 3.27. The first-order valence-electron chi connectivity index (χ1n) is 19.6. The molecule has 0 atom stereocenters. The summed E-state index contributed by atoms with van der Waals surface area (Å²) >= 11 is 0. The van der Waals surface area contributed by atoms with Crippen LogP contribution in [0, 0.1) is 0 Å². The number of hydrogen-bond donors (Lipinski definition) is 4. The van der Waals surface area contributed by atoms with Gasteiger partial charge in [0.05, 0.1) is 27.3 Å². The normalized spacial score (nSPS) is 11.0. The van der Waals surface area contributed by atoms with Crippen molar-refractivity contribution in [2.75, 3.05) is 53.5 Å². The number of ether oxygens (including phenoxy) is 2. The van der Waals surface area contributed by atoms with Gasteiger partial charge in [0.25, 0.3) is 0 Å². The monoisotopic (exact) mass is 683 g/mol. The molecule has 0 spiro atoms. The lowest BCUT2D eigenvalue weighted by atomic mass is 10.1. The first-order chi connectivity index (χ1) is 23.5. The van der Waals surface area contributed by atoms with Crippen molar-refractivity contribution in [2.45, 2.75) is 167 Å². The van der Waals surface area contributed by atoms with E-state index in [0.717, 1.165) is 77.5 Å². The molecule has 0 unspecified atom stereocenters. The summed E-state index contributed by atoms with van der Waals surface area (Å²) in [5, 5.41) is 12.3. The van der Waals surface area contributed by atoms with Gasteiger partial charge in [-0.15, -0.1) is 0 Å². The van der Waals surface area contributed by atoms with E-state index >= 15 is 0 Å². The number of amides is 2. The van der Waals surface area contributed by atoms with E-state index in [4.69, 9.17) is 0 Å². The fourth-order valence-corrected chi connectivity index (χ4v) is 5.66. The molecule has 0 saturated heterocycles. The van der Waals surface area contributed by atoms with Gasteiger partial charge in [0.15, 0.2) is 0 Å². The Labute approximate surface area is 293 Å². The van der Waals surface area contributed by atoms with Crippen LogP contribution in [0.1, 0.15) is 167 Å². The SMILES string of the molecule is COC(=O)CNCCCCCCCCCCCCNC(=O)CCCCCCC(=O)NCCCCCCCCCCCCNCC(=O)OC. The molecule has 10 nitrogen and oxygen atoms in total. The van der Waals surface area contributed by atoms with Crippen molar-refractivity contribution in [2.24, 2.45) is 0 Å². The number of carbonyl (C=O) groups excluding carboxylic acids is 4. The highest BCUT2D eigenvalue weighted by Crippen LogP contribution is 2.12. The Hall–Kier alpha value is -2.20. The molecule has 0 heterocycles. The van der Waals surface area contributed by atoms with Gasteiger partial charge in [0, 0.05) is 25.9 Å². The molecule has 0 radical (unpaired) electrons. The molecule has 2 amide bonds. The smallest absolute Gasteiger partial charge is 0.319 e. The highest BCUT2D eigenvalue weighted by molar-refractivity contribution is 5.76. The van der Waals surface area contributed by atoms with Crippen LogP contribution < -0.4 is 21.3 Å². The summed E-state index contributed by atoms with van der Waals surface area (Å²) in [7, 11) is 2.82. The molecule has 0 aliphatic rings. The van der Waals surface area contributed by atoms with Crippen LogP contribution in [-0.4, -0.2) is 77.2 Å². The molecule has 48 heavy (non-hydrogen) atoms. The largest absolute Gasteiger partial charge is 0.468 e. The summed E-state index contributed by atoms with van der Waals surface area (Å²) in [5.74, 6) is -0.0951. The third kappa shape index (κ3) is 36.6. The molecule has 4 N–H and O–H groups in total. The van der Waals surface area contributed by atoms with E-state index in [0.29, 0.717) is 25.9 Å². The van der Waals surface area contributed by atoms with Crippen LogP contribution in [0.25, 0.3) is 0 Å². The third-order valence-corrected chi connectivity index (χ3v) is 8.76. The fraction of sp³-hybridized carbons (Fsp3) is 0.895. The van der Waals surface area contributed by atoms with E-state index in [2.05, 4.69) is 30.7 Å². The molecule has 0 aromatic rings. The molecule has 282 valence electrons. The number of hydrogen-bond acceptors (Lipinski definition) is 8. The number of rotatable bonds is 37. The lowest BCUT2D eigenvalue weighted by Gasteiger charge is -2.07. The number of esters is 2. The zero-order valence-electron chi connectivity index (χ0n) is 31.1. The fourth-order valence-electron chi connectivity index (χ4n) is 5.66. The van der Waals surface area contributed by atoms with E-state index in [9.17, 15) is 19.2 Å². The lowest BCUT2D eigenvalue weighted by Crippen LogP contribution is -2.24. The zero-order chi connectivity index (χ0) is 35.2. The van der Waals surface area contributed by atoms with Crippen LogP contribution in [-0.2, 0) is 28.7 Å². The molecular formula is C38H74N4O6. The summed E-state index contributed by atoms with van der Waals surface area (Å²) in [5.41, 5.74) is 0. The van der Waals surface area contributed by atoms with Gasteiger partial charge in [-0.1, -0.05) is 116 Å². The predicted molar refractivity (Wildman–Crippen MR) is 196 cm³/mol. The molecule has 0 aromatic heterocycles. The maximum Gasteiger partial charge on any atom is 0.319 e. The van der Waals surface area contributed by atoms with Crippen LogP contribution in [0.15, 0.2) is 0 Å². The molecule has 0 rings (SSSR count). The van der Waals surface area contributed by atoms with Gasteiger partial charge in [0.1, 0.15) is 0 Å². The minimum Gasteiger partial charge on any atom is -0.468 e. The van der Waals surface area contributed by atoms with Crippen LogP contribution >= 0.6 is 0 Å². The quantitative estimate of drug-likeness (QED) is 0.0411. The second-order valence-electron chi connectivity index (χ2n) is 13.2. The Morgan fingerprint density at radius 3 is 0.896 bits per heavy atom. The number of methoxy groups -OCH3 is 2. The Morgan fingerprint density at radius 2 is 0.604 bits per heavy atom. The van der Waals surface area contributed by atoms with Crippen molar-refractivity contribution in [3.8, 4) is 0 Å². The number of unbranched alkanes of at least 4 members (excludes halogenated alkanes) is 21. The van der Waals surface area contributed by atoms with E-state index in [-0.39, 0.29) is 23.8 Å². The standard InChI is InChI=1S/C38H74N4O6/c1-47-37(45)33-39-29-23-17-11-7-3-5-9-13-19-25-31-41-35(43)27-21-15-16-22-28-36(44)42-32-26-20-14-10-6-4-8-12-18-24-30-40-34-38(46)48-2/h39-40H,3-34H2,1-2H3,(H,41,43)(H,42,44). The second kappa shape index (κ2) is 37.6. The summed E-state index contributed by atoms with van der Waals surface area (Å²) in [6.07, 6.45) is 29.3. The highest BCUT2D eigenvalue weighted by Gasteiger charge is 2.04. The average molecular weight is 683 g/mol. The summed E-state index contributed by atoms with van der Waals surface area (Å²) in [6, 6.07) is 0. The molecule has 0 saturated carbocycles. The Morgan fingerprint density at radius 1 is 0.354 bits per heavy atom. The van der Waals surface area contributed by atoms with Crippen molar-refractivity contribution in [3.05, 3.63) is 0 Å². The molecule has 0 aromatic carbocycles. The van der Waals surface area contributed by atoms with Crippen molar-refractivity contribution < 1.29 is 28.7 Å². The molecule has 0 aliphatic heterocycles. The van der Waals surface area contributed by atoms with Gasteiger partial charge in [-0.05, 0) is 51.6 Å². The van der Waals surface area contributed by atoms with Crippen LogP contribution in [0.4, 0.5) is 0 Å². The maximum atomic E-state index is 12.1. The maximum absolute atomic E-state index is 12.1. The van der Waals surface area contributed by atoms with Gasteiger partial charge < -0.3 is 30.7 Å². The minimum atomic E-state index is -0.206. The van der Waals surface area contributed by atoms with Crippen molar-refractivity contribution >= 4 is 23.8 Å². The van der Waals surface area contributed by atoms with Gasteiger partial charge in [-0.25, -0.2) is 0 Å². The van der Waals surface area contributed by atoms with Gasteiger partial charge in [0.2, 0.25) is 11.8 Å². The summed E-state index contributed by atoms with van der Waals surface area (Å²) in [6.45, 7) is 3.92. The molecule has 0 aliphatic carbocycles. The first-order valence-corrected chi connectivity index (χ1v) is 19.6. The van der Waals surface area contributed by atoms with Gasteiger partial charge in [-0.3, -0.25) is 19.2 Å². The van der Waals surface area contributed by atoms with E-state index in [1.165, 1.54) is 117 Å². The zero-order valence-corrected chi connectivity index (χ0v) is 31.1. The van der Waals surface area contributed by atoms with Gasteiger partial charge >= 0.3 is 11.9 Å². The predicted octanol–water partition coefficient (Wildman–Crippen LogP) is 6.89. The summed E-state index contributed by atoms with van der Waals surface area (Å²) < 4.78 is 9.20. The number of nitrogens with one attached hydrogen (secondary N) is 4. The lowest BCUT2D eigenvalue weighted by molar-refractivity contribution is -0.140. The molecule has 0 bridgehead atoms. The van der Waals surface area contributed by atoms with Gasteiger partial charge in [-0.2, -0.15) is 0 Å². The first kappa shape index (κ1) is 45.8. The molecule has 0 fully saturated rings. The van der Waals surface area contributed by atoms with E-state index < -0.39 is 0 Å². The topological polar surface area (TPSA) is 135 Å². The molecule has 10 heteroatoms. The van der Waals surface area contributed by atoms with Crippen LogP contribution in [0.3, 0.4) is 0 Å². The Bertz CT molecular complexity index is 705. The highest BCUT2D eigenvalue weighted by atomic mass is 16.5. The van der Waals surface area contributed by atoms with Crippen molar-refractivity contribution in [3.63, 3.8) is 0 Å². The van der Waals surface area contributed by atoms with Crippen LogP contribution in [0.5, 0.6) is 0 Å². The second-order valence-corrected chi connectivity index (χ2v) is 13.2. The third-order valence-electron chi connectivity index (χ3n) is 8.76. The Kier molecular flexibility index (Phi) is 35.9. The average Bonchev–Trinajstić information content (AvgIpc) is 3.09. The molecular weight excluding hydrogens is 608 g/mol. The van der Waals surface area contributed by atoms with Crippen LogP contribution in [0.2, 0.25) is 0 Å². The van der Waals surface area contributed by atoms with E-state index in [1.807, 2.05) is 0 Å². The number of carbonyl (C=O) groups is 4.